The van der Waals surface area contributed by atoms with Crippen molar-refractivity contribution in [3.63, 3.8) is 0 Å². The average molecular weight is 191 g/mol. The van der Waals surface area contributed by atoms with Gasteiger partial charge < -0.3 is 9.11 Å². The molecule has 0 heterocycles. The molecule has 0 fully saturated rings. The second kappa shape index (κ2) is 9.71. The fraction of sp³-hybridized carbons (Fsp3) is 0. The summed E-state index contributed by atoms with van der Waals surface area (Å²) in [7, 11) is 0. The van der Waals surface area contributed by atoms with E-state index in [-0.39, 0.29) is 18.9 Å². The van der Waals surface area contributed by atoms with Gasteiger partial charge in [-0.25, -0.2) is 0 Å². The van der Waals surface area contributed by atoms with Gasteiger partial charge in [-0.15, -0.1) is 11.4 Å². The van der Waals surface area contributed by atoms with Crippen molar-refractivity contribution in [3.8, 4) is 0 Å². The average Bonchev–Trinajstić information content (AvgIpc) is 2.05. The van der Waals surface area contributed by atoms with E-state index in [0.717, 1.165) is 0 Å². The van der Waals surface area contributed by atoms with Gasteiger partial charge in [0, 0.05) is 0 Å². The van der Waals surface area contributed by atoms with Crippen molar-refractivity contribution < 1.29 is 32.2 Å². The van der Waals surface area contributed by atoms with Gasteiger partial charge in [-0.3, -0.25) is 4.21 Å². The molecular weight excluding hydrogens is 183 g/mol. The molecule has 0 saturated carbocycles. The molecule has 0 atom stereocenters. The maximum atomic E-state index is 8.44. The first-order valence-electron chi connectivity index (χ1n) is 3.11. The minimum Gasteiger partial charge on any atom is -0.784 e. The summed E-state index contributed by atoms with van der Waals surface area (Å²) in [5.74, 6) is 0. The number of hydrogen-bond donors (Lipinski definition) is 0. The fourth-order valence-electron chi connectivity index (χ4n) is 0.589. The Morgan fingerprint density at radius 2 is 1.62 bits per heavy atom. The van der Waals surface area contributed by atoms with E-state index in [4.69, 9.17) is 13.3 Å². The smallest absolute Gasteiger partial charge is 0.784 e. The van der Waals surface area contributed by atoms with E-state index >= 15 is 0 Å². The van der Waals surface area contributed by atoms with Crippen LogP contribution in [0.5, 0.6) is 0 Å². The van der Waals surface area contributed by atoms with E-state index in [0.29, 0.717) is 0 Å². The van der Waals surface area contributed by atoms with Crippen LogP contribution in [-0.2, 0) is 11.4 Å². The molecule has 0 unspecified atom stereocenters. The molecule has 0 aliphatic heterocycles. The second-order valence-electron chi connectivity index (χ2n) is 1.82. The molecule has 13 heavy (non-hydrogen) atoms. The summed E-state index contributed by atoms with van der Waals surface area (Å²) in [6, 6.07) is 10.0. The topological polar surface area (TPSA) is 63.2 Å². The van der Waals surface area contributed by atoms with Gasteiger partial charge in [0.2, 0.25) is 0 Å². The van der Waals surface area contributed by atoms with Crippen molar-refractivity contribution in [3.05, 3.63) is 42.5 Å². The standard InChI is InChI=1S/C8H8.Li.H2O3S/c1-2-8-6-4-3-5-7-8;;1-4(2)3/h2-7H,1H2;;(H2,1,2,3)/q;+1;/p-2. The van der Waals surface area contributed by atoms with Crippen molar-refractivity contribution in [2.75, 3.05) is 0 Å². The minimum atomic E-state index is -3.11. The van der Waals surface area contributed by atoms with Gasteiger partial charge in [0.15, 0.2) is 0 Å². The predicted octanol–water partition coefficient (Wildman–Crippen LogP) is -1.67. The zero-order chi connectivity index (χ0) is 9.40. The second-order valence-corrected chi connectivity index (χ2v) is 2.23. The Morgan fingerprint density at radius 1 is 1.23 bits per heavy atom. The van der Waals surface area contributed by atoms with Gasteiger partial charge in [0.1, 0.15) is 0 Å². The molecule has 0 aliphatic rings. The fourth-order valence-corrected chi connectivity index (χ4v) is 0.589. The molecule has 0 saturated heterocycles. The van der Waals surface area contributed by atoms with Crippen LogP contribution in [0.15, 0.2) is 36.9 Å². The third-order valence-electron chi connectivity index (χ3n) is 1.04. The zero-order valence-electron chi connectivity index (χ0n) is 7.30. The summed E-state index contributed by atoms with van der Waals surface area (Å²) in [4.78, 5) is 0. The maximum absolute atomic E-state index is 8.44. The molecule has 0 amide bonds. The Balaban J connectivity index is 0. The van der Waals surface area contributed by atoms with Crippen LogP contribution in [0, 0.1) is 0 Å². The van der Waals surface area contributed by atoms with Crippen molar-refractivity contribution in [2.45, 2.75) is 0 Å². The largest absolute Gasteiger partial charge is 1.00 e. The molecule has 1 aromatic carbocycles. The van der Waals surface area contributed by atoms with Crippen LogP contribution in [0.3, 0.4) is 0 Å². The molecule has 3 nitrogen and oxygen atoms in total. The Bertz CT molecular complexity index is 247. The minimum absolute atomic E-state index is 0. The monoisotopic (exact) mass is 191 g/mol. The summed E-state index contributed by atoms with van der Waals surface area (Å²) in [6.07, 6.45) is 1.83. The summed E-state index contributed by atoms with van der Waals surface area (Å²) in [5, 5.41) is 0. The SMILES string of the molecule is C=Cc1ccccc1.O=S([O-])[O-].[Li+]. The van der Waals surface area contributed by atoms with Gasteiger partial charge in [0.25, 0.3) is 0 Å². The summed E-state index contributed by atoms with van der Waals surface area (Å²) in [6.45, 7) is 3.63. The van der Waals surface area contributed by atoms with Crippen LogP contribution in [0.2, 0.25) is 0 Å². The summed E-state index contributed by atoms with van der Waals surface area (Å²) >= 11 is -3.11. The maximum Gasteiger partial charge on any atom is 1.00 e. The van der Waals surface area contributed by atoms with E-state index in [9.17, 15) is 0 Å². The first-order valence-corrected chi connectivity index (χ1v) is 4.11. The Labute approximate surface area is 92.2 Å². The van der Waals surface area contributed by atoms with Crippen LogP contribution in [0.25, 0.3) is 6.08 Å². The van der Waals surface area contributed by atoms with Crippen molar-refractivity contribution in [1.29, 1.82) is 0 Å². The normalized spacial score (nSPS) is 7.92. The number of rotatable bonds is 1. The Hall–Kier alpha value is -0.373. The first-order chi connectivity index (χ1) is 5.66. The van der Waals surface area contributed by atoms with Crippen LogP contribution < -0.4 is 18.9 Å². The molecule has 1 aromatic rings. The molecule has 0 bridgehead atoms. The van der Waals surface area contributed by atoms with Crippen LogP contribution in [0.1, 0.15) is 5.56 Å². The first kappa shape index (κ1) is 15.1. The Morgan fingerprint density at radius 3 is 1.85 bits per heavy atom. The quantitative estimate of drug-likeness (QED) is 0.394. The molecule has 0 spiro atoms. The van der Waals surface area contributed by atoms with Gasteiger partial charge in [-0.05, 0) is 5.56 Å². The zero-order valence-corrected chi connectivity index (χ0v) is 8.12. The molecule has 1 rings (SSSR count). The van der Waals surface area contributed by atoms with Crippen LogP contribution in [0.4, 0.5) is 0 Å². The van der Waals surface area contributed by atoms with Gasteiger partial charge in [0.05, 0.1) is 0 Å². The van der Waals surface area contributed by atoms with Crippen LogP contribution >= 0.6 is 0 Å². The van der Waals surface area contributed by atoms with Gasteiger partial charge >= 0.3 is 18.9 Å². The number of hydrogen-bond acceptors (Lipinski definition) is 3. The van der Waals surface area contributed by atoms with Gasteiger partial charge in [-0.1, -0.05) is 43.0 Å². The number of benzene rings is 1. The van der Waals surface area contributed by atoms with E-state index in [2.05, 4.69) is 6.58 Å². The van der Waals surface area contributed by atoms with Gasteiger partial charge in [-0.2, -0.15) is 0 Å². The molecule has 5 heteroatoms. The van der Waals surface area contributed by atoms with E-state index in [1.165, 1.54) is 5.56 Å². The molecule has 66 valence electrons. The predicted molar refractivity (Wildman–Crippen MR) is 46.2 cm³/mol. The Kier molecular flexibility index (Phi) is 11.3. The van der Waals surface area contributed by atoms with Crippen molar-refractivity contribution in [2.24, 2.45) is 0 Å². The third-order valence-corrected chi connectivity index (χ3v) is 1.04. The molecule has 0 aliphatic carbocycles. The van der Waals surface area contributed by atoms with E-state index < -0.39 is 11.4 Å². The van der Waals surface area contributed by atoms with E-state index in [1.54, 1.807) is 0 Å². The summed E-state index contributed by atoms with van der Waals surface area (Å²) < 4.78 is 25.3. The molecule has 0 N–H and O–H groups in total. The van der Waals surface area contributed by atoms with Crippen molar-refractivity contribution in [1.82, 2.24) is 0 Å². The van der Waals surface area contributed by atoms with Crippen LogP contribution in [-0.4, -0.2) is 13.3 Å². The molecule has 0 radical (unpaired) electrons. The third kappa shape index (κ3) is 11.6. The summed E-state index contributed by atoms with van der Waals surface area (Å²) in [5.41, 5.74) is 1.17. The van der Waals surface area contributed by atoms with Crippen molar-refractivity contribution >= 4 is 17.4 Å². The molecule has 0 aromatic heterocycles. The van der Waals surface area contributed by atoms with E-state index in [1.807, 2.05) is 36.4 Å². The molecular formula is C8H8LiO3S-.